The van der Waals surface area contributed by atoms with Crippen molar-refractivity contribution in [2.24, 2.45) is 0 Å². The van der Waals surface area contributed by atoms with Gasteiger partial charge in [0, 0.05) is 22.1 Å². The Morgan fingerprint density at radius 2 is 1.81 bits per heavy atom. The number of para-hydroxylation sites is 1. The van der Waals surface area contributed by atoms with Gasteiger partial charge in [-0.3, -0.25) is 14.9 Å². The van der Waals surface area contributed by atoms with E-state index in [1.807, 2.05) is 60.7 Å². The predicted molar refractivity (Wildman–Crippen MR) is 123 cm³/mol. The number of amides is 1. The number of methoxy groups -OCH3 is 1. The fraction of sp³-hybridized carbons (Fsp3) is 0.0435. The number of nitrogens with one attached hydrogen (secondary N) is 2. The molecule has 0 aromatic heterocycles. The molecule has 0 bridgehead atoms. The topological polar surface area (TPSA) is 117 Å². The number of hydrogen-bond acceptors (Lipinski definition) is 7. The highest BCUT2D eigenvalue weighted by molar-refractivity contribution is 7.99. The van der Waals surface area contributed by atoms with E-state index in [0.717, 1.165) is 15.5 Å². The van der Waals surface area contributed by atoms with Gasteiger partial charge in [-0.15, -0.1) is 0 Å². The number of hydrogen-bond donors (Lipinski definition) is 2. The van der Waals surface area contributed by atoms with Crippen LogP contribution in [0.4, 0.5) is 17.1 Å². The number of rotatable bonds is 8. The summed E-state index contributed by atoms with van der Waals surface area (Å²) >= 11 is 1.55. The van der Waals surface area contributed by atoms with Crippen LogP contribution in [0.25, 0.3) is 0 Å². The minimum atomic E-state index is -0.680. The number of carbonyl (C=O) groups excluding carboxylic acids is 1. The molecule has 1 amide bonds. The van der Waals surface area contributed by atoms with Crippen molar-refractivity contribution in [2.75, 3.05) is 17.7 Å². The zero-order valence-corrected chi connectivity index (χ0v) is 17.8. The second kappa shape index (κ2) is 10.7. The molecule has 3 aromatic carbocycles. The van der Waals surface area contributed by atoms with E-state index < -0.39 is 10.8 Å². The van der Waals surface area contributed by atoms with E-state index in [0.29, 0.717) is 0 Å². The first kappa shape index (κ1) is 22.4. The minimum absolute atomic E-state index is 0.113. The maximum absolute atomic E-state index is 12.6. The summed E-state index contributed by atoms with van der Waals surface area (Å²) in [5.74, 6) is -0.567. The number of anilines is 2. The van der Waals surface area contributed by atoms with Crippen LogP contribution in [0.2, 0.25) is 0 Å². The smallest absolute Gasteiger partial charge is 0.273 e. The van der Waals surface area contributed by atoms with Gasteiger partial charge in [0.05, 0.1) is 29.5 Å². The summed E-state index contributed by atoms with van der Waals surface area (Å²) in [6.07, 6.45) is 1.32. The molecule has 8 nitrogen and oxygen atoms in total. The van der Waals surface area contributed by atoms with Gasteiger partial charge in [0.2, 0.25) is 0 Å². The van der Waals surface area contributed by atoms with Crippen molar-refractivity contribution in [3.8, 4) is 11.8 Å². The molecule has 0 spiro atoms. The lowest BCUT2D eigenvalue weighted by atomic mass is 10.2. The Morgan fingerprint density at radius 3 is 2.50 bits per heavy atom. The summed E-state index contributed by atoms with van der Waals surface area (Å²) < 4.78 is 5.11. The molecule has 2 N–H and O–H groups in total. The number of non-ortho nitro benzene ring substituents is 1. The maximum Gasteiger partial charge on any atom is 0.273 e. The fourth-order valence-corrected chi connectivity index (χ4v) is 3.61. The van der Waals surface area contributed by atoms with Crippen molar-refractivity contribution in [2.45, 2.75) is 9.79 Å². The molecule has 0 aliphatic heterocycles. The number of carbonyl (C=O) groups is 1. The lowest BCUT2D eigenvalue weighted by Gasteiger charge is -2.11. The first-order valence-electron chi connectivity index (χ1n) is 9.34. The zero-order valence-electron chi connectivity index (χ0n) is 16.9. The molecule has 32 heavy (non-hydrogen) atoms. The van der Waals surface area contributed by atoms with Gasteiger partial charge in [0.15, 0.2) is 0 Å². The van der Waals surface area contributed by atoms with Crippen LogP contribution < -0.4 is 15.4 Å². The number of nitro benzene ring substituents is 1. The summed E-state index contributed by atoms with van der Waals surface area (Å²) in [6, 6.07) is 23.0. The van der Waals surface area contributed by atoms with Crippen LogP contribution >= 0.6 is 11.8 Å². The fourth-order valence-electron chi connectivity index (χ4n) is 2.68. The SMILES string of the molecule is COc1cc([N+](=O)[O-])ccc1NC(=O)/C(C#N)=C\Nc1ccccc1Sc1ccccc1. The van der Waals surface area contributed by atoms with Gasteiger partial charge in [-0.2, -0.15) is 5.26 Å². The highest BCUT2D eigenvalue weighted by Crippen LogP contribution is 2.33. The van der Waals surface area contributed by atoms with Crippen LogP contribution in [0.5, 0.6) is 5.75 Å². The van der Waals surface area contributed by atoms with Gasteiger partial charge in [-0.05, 0) is 30.3 Å². The van der Waals surface area contributed by atoms with E-state index in [1.165, 1.54) is 31.5 Å². The van der Waals surface area contributed by atoms with E-state index in [2.05, 4.69) is 10.6 Å². The quantitative estimate of drug-likeness (QED) is 0.211. The molecule has 0 aliphatic carbocycles. The summed E-state index contributed by atoms with van der Waals surface area (Å²) in [6.45, 7) is 0. The van der Waals surface area contributed by atoms with Crippen LogP contribution in [-0.4, -0.2) is 17.9 Å². The Bertz CT molecular complexity index is 1210. The molecule has 0 fully saturated rings. The van der Waals surface area contributed by atoms with Gasteiger partial charge in [-0.1, -0.05) is 42.1 Å². The van der Waals surface area contributed by atoms with Crippen molar-refractivity contribution in [3.63, 3.8) is 0 Å². The molecule has 0 aliphatic rings. The third-order valence-corrected chi connectivity index (χ3v) is 5.32. The molecule has 0 saturated heterocycles. The standard InChI is InChI=1S/C23H18N4O4S/c1-31-21-13-17(27(29)30)11-12-19(21)26-23(28)16(14-24)15-25-20-9-5-6-10-22(20)32-18-7-3-2-4-8-18/h2-13,15,25H,1H3,(H,26,28)/b16-15-. The summed E-state index contributed by atoms with van der Waals surface area (Å²) in [5, 5.41) is 25.9. The zero-order chi connectivity index (χ0) is 22.9. The molecule has 0 saturated carbocycles. The monoisotopic (exact) mass is 446 g/mol. The molecule has 160 valence electrons. The first-order valence-corrected chi connectivity index (χ1v) is 10.2. The Balaban J connectivity index is 1.77. The average Bonchev–Trinajstić information content (AvgIpc) is 2.81. The Hall–Kier alpha value is -4.29. The second-order valence-electron chi connectivity index (χ2n) is 6.32. The lowest BCUT2D eigenvalue weighted by Crippen LogP contribution is -2.15. The van der Waals surface area contributed by atoms with Crippen LogP contribution in [0, 0.1) is 21.4 Å². The van der Waals surface area contributed by atoms with Crippen molar-refractivity contribution in [1.82, 2.24) is 0 Å². The molecule has 3 aromatic rings. The number of nitriles is 1. The molecule has 0 radical (unpaired) electrons. The average molecular weight is 446 g/mol. The number of benzene rings is 3. The molecular formula is C23H18N4O4S. The number of ether oxygens (including phenoxy) is 1. The highest BCUT2D eigenvalue weighted by Gasteiger charge is 2.16. The molecule has 9 heteroatoms. The van der Waals surface area contributed by atoms with E-state index in [-0.39, 0.29) is 22.7 Å². The van der Waals surface area contributed by atoms with Gasteiger partial charge in [0.25, 0.3) is 11.6 Å². The third kappa shape index (κ3) is 5.65. The molecule has 3 rings (SSSR count). The predicted octanol–water partition coefficient (Wildman–Crippen LogP) is 5.21. The molecule has 0 heterocycles. The van der Waals surface area contributed by atoms with E-state index in [9.17, 15) is 20.2 Å². The van der Waals surface area contributed by atoms with Gasteiger partial charge < -0.3 is 15.4 Å². The maximum atomic E-state index is 12.6. The molecule has 0 unspecified atom stereocenters. The van der Waals surface area contributed by atoms with E-state index in [4.69, 9.17) is 4.74 Å². The van der Waals surface area contributed by atoms with Crippen LogP contribution in [0.15, 0.2) is 94.4 Å². The number of nitrogens with zero attached hydrogens (tertiary/aromatic N) is 2. The Kier molecular flexibility index (Phi) is 7.46. The van der Waals surface area contributed by atoms with Crippen molar-refractivity contribution in [3.05, 3.63) is 94.7 Å². The Labute approximate surface area is 188 Å². The van der Waals surface area contributed by atoms with E-state index in [1.54, 1.807) is 11.8 Å². The first-order chi connectivity index (χ1) is 15.5. The normalized spacial score (nSPS) is 10.7. The van der Waals surface area contributed by atoms with Crippen LogP contribution in [-0.2, 0) is 4.79 Å². The second-order valence-corrected chi connectivity index (χ2v) is 7.44. The van der Waals surface area contributed by atoms with E-state index >= 15 is 0 Å². The number of nitro groups is 1. The van der Waals surface area contributed by atoms with Crippen LogP contribution in [0.3, 0.4) is 0 Å². The van der Waals surface area contributed by atoms with Crippen LogP contribution in [0.1, 0.15) is 0 Å². The third-order valence-electron chi connectivity index (χ3n) is 4.24. The highest BCUT2D eigenvalue weighted by atomic mass is 32.2. The summed E-state index contributed by atoms with van der Waals surface area (Å²) in [5.41, 5.74) is 0.592. The van der Waals surface area contributed by atoms with Gasteiger partial charge in [-0.25, -0.2) is 0 Å². The lowest BCUT2D eigenvalue weighted by molar-refractivity contribution is -0.384. The largest absolute Gasteiger partial charge is 0.494 e. The van der Waals surface area contributed by atoms with Crippen molar-refractivity contribution < 1.29 is 14.5 Å². The van der Waals surface area contributed by atoms with Crippen molar-refractivity contribution >= 4 is 34.7 Å². The van der Waals surface area contributed by atoms with Gasteiger partial charge in [0.1, 0.15) is 17.4 Å². The summed E-state index contributed by atoms with van der Waals surface area (Å²) in [7, 11) is 1.33. The minimum Gasteiger partial charge on any atom is -0.494 e. The molecular weight excluding hydrogens is 428 g/mol. The summed E-state index contributed by atoms with van der Waals surface area (Å²) in [4.78, 5) is 24.9. The Morgan fingerprint density at radius 1 is 1.09 bits per heavy atom. The molecule has 0 atom stereocenters. The van der Waals surface area contributed by atoms with Crippen molar-refractivity contribution in [1.29, 1.82) is 5.26 Å². The van der Waals surface area contributed by atoms with Gasteiger partial charge >= 0.3 is 0 Å².